The van der Waals surface area contributed by atoms with Gasteiger partial charge in [-0.3, -0.25) is 9.59 Å². The Morgan fingerprint density at radius 2 is 2.08 bits per heavy atom. The van der Waals surface area contributed by atoms with E-state index in [0.717, 1.165) is 0 Å². The van der Waals surface area contributed by atoms with Crippen molar-refractivity contribution in [3.63, 3.8) is 0 Å². The molecule has 2 N–H and O–H groups in total. The molecule has 0 radical (unpaired) electrons. The third-order valence-corrected chi connectivity index (χ3v) is 3.74. The van der Waals surface area contributed by atoms with Gasteiger partial charge >= 0.3 is 5.97 Å². The van der Waals surface area contributed by atoms with E-state index in [0.29, 0.717) is 16.5 Å². The van der Waals surface area contributed by atoms with Crippen molar-refractivity contribution in [2.24, 2.45) is 0 Å². The topological polar surface area (TPSA) is 88.8 Å². The van der Waals surface area contributed by atoms with Gasteiger partial charge in [0, 0.05) is 22.7 Å². The average molecular weight is 357 g/mol. The van der Waals surface area contributed by atoms with E-state index in [1.807, 2.05) is 0 Å². The Morgan fingerprint density at radius 1 is 1.27 bits per heavy atom. The molecule has 0 aliphatic heterocycles. The Bertz CT molecular complexity index is 965. The first-order chi connectivity index (χ1) is 12.4. The highest BCUT2D eigenvalue weighted by Crippen LogP contribution is 2.25. The second-order valence-corrected chi connectivity index (χ2v) is 5.75. The summed E-state index contributed by atoms with van der Waals surface area (Å²) in [6.45, 7) is 1.43. The zero-order chi connectivity index (χ0) is 18.7. The minimum absolute atomic E-state index is 0.0589. The summed E-state index contributed by atoms with van der Waals surface area (Å²) in [6.07, 6.45) is 0.270. The average Bonchev–Trinajstić information content (AvgIpc) is 2.96. The fourth-order valence-corrected chi connectivity index (χ4v) is 2.47. The van der Waals surface area contributed by atoms with Crippen LogP contribution >= 0.6 is 0 Å². The van der Waals surface area contributed by atoms with Gasteiger partial charge in [0.15, 0.2) is 6.10 Å². The number of amides is 1. The van der Waals surface area contributed by atoms with Gasteiger partial charge in [0.25, 0.3) is 5.91 Å². The molecule has 6 nitrogen and oxygen atoms in total. The standard InChI is InChI=1S/C19H16FNO5/c1-11(19(24)21-14-4-2-3-13(20)8-14)26-18(23)7-12-10-25-17-9-15(22)5-6-16(12)17/h2-6,8-11,22H,7H2,1H3,(H,21,24)/t11-/m1/s1. The monoisotopic (exact) mass is 357 g/mol. The number of carbonyl (C=O) groups is 2. The molecule has 3 rings (SSSR count). The number of rotatable bonds is 5. The Hall–Kier alpha value is -3.35. The molecule has 134 valence electrons. The van der Waals surface area contributed by atoms with Gasteiger partial charge in [-0.2, -0.15) is 0 Å². The maximum Gasteiger partial charge on any atom is 0.311 e. The molecule has 0 saturated carbocycles. The molecule has 26 heavy (non-hydrogen) atoms. The largest absolute Gasteiger partial charge is 0.508 e. The molecule has 1 aromatic heterocycles. The van der Waals surface area contributed by atoms with E-state index in [-0.39, 0.29) is 17.9 Å². The predicted molar refractivity (Wildman–Crippen MR) is 92.2 cm³/mol. The molecule has 7 heteroatoms. The molecule has 0 unspecified atom stereocenters. The lowest BCUT2D eigenvalue weighted by atomic mass is 10.1. The number of hydrogen-bond acceptors (Lipinski definition) is 5. The molecule has 1 heterocycles. The van der Waals surface area contributed by atoms with Crippen LogP contribution in [0, 0.1) is 5.82 Å². The van der Waals surface area contributed by atoms with Gasteiger partial charge in [-0.15, -0.1) is 0 Å². The number of halogens is 1. The number of furan rings is 1. The number of nitrogens with one attached hydrogen (secondary N) is 1. The van der Waals surface area contributed by atoms with Crippen molar-refractivity contribution < 1.29 is 28.2 Å². The Labute approximate surface area is 148 Å². The number of phenols is 1. The zero-order valence-corrected chi connectivity index (χ0v) is 13.9. The van der Waals surface area contributed by atoms with Gasteiger partial charge in [0.2, 0.25) is 0 Å². The first-order valence-electron chi connectivity index (χ1n) is 7.87. The number of hydrogen-bond donors (Lipinski definition) is 2. The summed E-state index contributed by atoms with van der Waals surface area (Å²) in [5.41, 5.74) is 1.31. The lowest BCUT2D eigenvalue weighted by Gasteiger charge is -2.13. The van der Waals surface area contributed by atoms with E-state index in [1.165, 1.54) is 49.6 Å². The molecule has 0 aliphatic rings. The van der Waals surface area contributed by atoms with Crippen molar-refractivity contribution in [3.8, 4) is 5.75 Å². The van der Waals surface area contributed by atoms with Crippen LogP contribution in [0.1, 0.15) is 12.5 Å². The quantitative estimate of drug-likeness (QED) is 0.683. The van der Waals surface area contributed by atoms with Crippen LogP contribution in [-0.2, 0) is 20.7 Å². The molecule has 0 saturated heterocycles. The van der Waals surface area contributed by atoms with Crippen LogP contribution in [0.3, 0.4) is 0 Å². The Kier molecular flexibility index (Phi) is 4.88. The van der Waals surface area contributed by atoms with Gasteiger partial charge in [-0.05, 0) is 37.3 Å². The second-order valence-electron chi connectivity index (χ2n) is 5.75. The number of fused-ring (bicyclic) bond motifs is 1. The van der Waals surface area contributed by atoms with Crippen molar-refractivity contribution in [1.29, 1.82) is 0 Å². The number of benzene rings is 2. The molecule has 1 atom stereocenters. The van der Waals surface area contributed by atoms with Crippen LogP contribution < -0.4 is 5.32 Å². The van der Waals surface area contributed by atoms with Gasteiger partial charge in [-0.25, -0.2) is 4.39 Å². The van der Waals surface area contributed by atoms with Crippen LogP contribution in [0.5, 0.6) is 5.75 Å². The van der Waals surface area contributed by atoms with E-state index in [1.54, 1.807) is 6.07 Å². The SMILES string of the molecule is C[C@@H](OC(=O)Cc1coc2cc(O)ccc12)C(=O)Nc1cccc(F)c1. The van der Waals surface area contributed by atoms with Crippen molar-refractivity contribution in [2.45, 2.75) is 19.4 Å². The fraction of sp³-hybridized carbons (Fsp3) is 0.158. The van der Waals surface area contributed by atoms with Crippen LogP contribution in [-0.4, -0.2) is 23.1 Å². The zero-order valence-electron chi connectivity index (χ0n) is 13.9. The maximum absolute atomic E-state index is 13.1. The highest BCUT2D eigenvalue weighted by atomic mass is 19.1. The van der Waals surface area contributed by atoms with Crippen molar-refractivity contribution in [2.75, 3.05) is 5.32 Å². The minimum atomic E-state index is -1.05. The van der Waals surface area contributed by atoms with E-state index in [9.17, 15) is 19.1 Å². The molecular formula is C19H16FNO5. The van der Waals surface area contributed by atoms with Crippen LogP contribution in [0.4, 0.5) is 10.1 Å². The van der Waals surface area contributed by atoms with Gasteiger partial charge in [-0.1, -0.05) is 6.07 Å². The van der Waals surface area contributed by atoms with Crippen LogP contribution in [0.25, 0.3) is 11.0 Å². The van der Waals surface area contributed by atoms with E-state index >= 15 is 0 Å². The second kappa shape index (κ2) is 7.26. The number of ether oxygens (including phenoxy) is 1. The molecule has 3 aromatic rings. The third-order valence-electron chi connectivity index (χ3n) is 3.74. The summed E-state index contributed by atoms with van der Waals surface area (Å²) >= 11 is 0. The predicted octanol–water partition coefficient (Wildman–Crippen LogP) is 3.39. The maximum atomic E-state index is 13.1. The highest BCUT2D eigenvalue weighted by molar-refractivity contribution is 5.95. The van der Waals surface area contributed by atoms with Crippen molar-refractivity contribution in [1.82, 2.24) is 0 Å². The van der Waals surface area contributed by atoms with Crippen LogP contribution in [0.15, 0.2) is 53.1 Å². The number of aromatic hydroxyl groups is 1. The fourth-order valence-electron chi connectivity index (χ4n) is 2.47. The molecule has 0 bridgehead atoms. The lowest BCUT2D eigenvalue weighted by molar-refractivity contribution is -0.152. The van der Waals surface area contributed by atoms with Crippen molar-refractivity contribution in [3.05, 3.63) is 60.1 Å². The molecular weight excluding hydrogens is 341 g/mol. The molecule has 0 fully saturated rings. The summed E-state index contributed by atoms with van der Waals surface area (Å²) < 4.78 is 23.5. The number of phenolic OH excluding ortho intramolecular Hbond substituents is 1. The minimum Gasteiger partial charge on any atom is -0.508 e. The first kappa shape index (κ1) is 17.5. The molecule has 0 aliphatic carbocycles. The summed E-state index contributed by atoms with van der Waals surface area (Å²) in [7, 11) is 0. The Morgan fingerprint density at radius 3 is 2.85 bits per heavy atom. The van der Waals surface area contributed by atoms with Gasteiger partial charge in [0.05, 0.1) is 12.7 Å². The van der Waals surface area contributed by atoms with E-state index in [4.69, 9.17) is 9.15 Å². The third kappa shape index (κ3) is 4.00. The van der Waals surface area contributed by atoms with Gasteiger partial charge < -0.3 is 19.6 Å². The van der Waals surface area contributed by atoms with Crippen LogP contribution in [0.2, 0.25) is 0 Å². The summed E-state index contributed by atoms with van der Waals surface area (Å²) in [6, 6.07) is 9.98. The summed E-state index contributed by atoms with van der Waals surface area (Å²) in [5, 5.41) is 12.6. The van der Waals surface area contributed by atoms with E-state index < -0.39 is 23.8 Å². The number of esters is 1. The highest BCUT2D eigenvalue weighted by Gasteiger charge is 2.19. The molecule has 0 spiro atoms. The normalized spacial score (nSPS) is 11.9. The number of anilines is 1. The molecule has 2 aromatic carbocycles. The number of carbonyl (C=O) groups excluding carboxylic acids is 2. The Balaban J connectivity index is 1.60. The first-order valence-corrected chi connectivity index (χ1v) is 7.87. The summed E-state index contributed by atoms with van der Waals surface area (Å²) in [4.78, 5) is 24.1. The van der Waals surface area contributed by atoms with Crippen molar-refractivity contribution >= 4 is 28.5 Å². The van der Waals surface area contributed by atoms with E-state index in [2.05, 4.69) is 5.32 Å². The smallest absolute Gasteiger partial charge is 0.311 e. The lowest BCUT2D eigenvalue weighted by Crippen LogP contribution is -2.30. The summed E-state index contributed by atoms with van der Waals surface area (Å²) in [5.74, 6) is -1.59. The van der Waals surface area contributed by atoms with Gasteiger partial charge in [0.1, 0.15) is 17.1 Å². The molecule has 1 amide bonds.